The lowest BCUT2D eigenvalue weighted by atomic mass is 10.2. The van der Waals surface area contributed by atoms with Gasteiger partial charge in [-0.05, 0) is 38.1 Å². The zero-order valence-electron chi connectivity index (χ0n) is 16.8. The Morgan fingerprint density at radius 1 is 1.18 bits per heavy atom. The van der Waals surface area contributed by atoms with E-state index in [1.807, 2.05) is 50.2 Å². The van der Waals surface area contributed by atoms with E-state index in [2.05, 4.69) is 31.2 Å². The first-order valence-corrected chi connectivity index (χ1v) is 9.36. The first-order chi connectivity index (χ1) is 13.7. The van der Waals surface area contributed by atoms with Gasteiger partial charge in [0, 0.05) is 31.9 Å². The van der Waals surface area contributed by atoms with Crippen LogP contribution in [-0.4, -0.2) is 42.8 Å². The van der Waals surface area contributed by atoms with Crippen molar-refractivity contribution in [3.63, 3.8) is 0 Å². The molecule has 2 aromatic carbocycles. The van der Waals surface area contributed by atoms with Crippen LogP contribution in [0.4, 0.5) is 5.69 Å². The third-order valence-electron chi connectivity index (χ3n) is 4.42. The number of nitrogens with one attached hydrogen (secondary N) is 2. The molecule has 28 heavy (non-hydrogen) atoms. The van der Waals surface area contributed by atoms with Gasteiger partial charge < -0.3 is 24.7 Å². The molecule has 0 aliphatic heterocycles. The fraction of sp³-hybridized carbons (Fsp3) is 0.333. The van der Waals surface area contributed by atoms with E-state index in [0.717, 1.165) is 35.6 Å². The number of guanidine groups is 1. The maximum Gasteiger partial charge on any atom is 0.195 e. The summed E-state index contributed by atoms with van der Waals surface area (Å²) in [6, 6.07) is 13.9. The van der Waals surface area contributed by atoms with Crippen molar-refractivity contribution in [1.29, 1.82) is 0 Å². The van der Waals surface area contributed by atoms with Crippen LogP contribution in [-0.2, 0) is 6.54 Å². The van der Waals surface area contributed by atoms with Crippen molar-refractivity contribution < 1.29 is 9.47 Å². The number of aryl methyl sites for hydroxylation is 1. The molecule has 3 aromatic rings. The molecule has 0 saturated heterocycles. The van der Waals surface area contributed by atoms with E-state index in [1.54, 1.807) is 14.2 Å². The van der Waals surface area contributed by atoms with Crippen LogP contribution in [0, 0.1) is 6.92 Å². The Morgan fingerprint density at radius 2 is 2.00 bits per heavy atom. The van der Waals surface area contributed by atoms with Crippen LogP contribution in [0.3, 0.4) is 0 Å². The van der Waals surface area contributed by atoms with Gasteiger partial charge in [-0.15, -0.1) is 0 Å². The Morgan fingerprint density at radius 3 is 2.75 bits per heavy atom. The van der Waals surface area contributed by atoms with E-state index in [1.165, 1.54) is 0 Å². The first kappa shape index (κ1) is 19.5. The highest BCUT2D eigenvalue weighted by molar-refractivity contribution is 5.93. The number of methoxy groups -OCH3 is 1. The van der Waals surface area contributed by atoms with Crippen LogP contribution < -0.4 is 20.1 Å². The topological polar surface area (TPSA) is 72.7 Å². The SMILES string of the molecule is CCOc1cc(NC(=NC)NCCn2c(C)nc3ccccc32)ccc1OC. The Kier molecular flexibility index (Phi) is 6.37. The average Bonchev–Trinajstić information content (AvgIpc) is 3.03. The van der Waals surface area contributed by atoms with Gasteiger partial charge in [0.15, 0.2) is 17.5 Å². The van der Waals surface area contributed by atoms with Crippen LogP contribution in [0.2, 0.25) is 0 Å². The number of ether oxygens (including phenoxy) is 2. The lowest BCUT2D eigenvalue weighted by Gasteiger charge is -2.15. The number of imidazole rings is 1. The van der Waals surface area contributed by atoms with E-state index in [9.17, 15) is 0 Å². The highest BCUT2D eigenvalue weighted by Crippen LogP contribution is 2.30. The number of benzene rings is 2. The van der Waals surface area contributed by atoms with E-state index < -0.39 is 0 Å². The minimum Gasteiger partial charge on any atom is -0.493 e. The highest BCUT2D eigenvalue weighted by atomic mass is 16.5. The summed E-state index contributed by atoms with van der Waals surface area (Å²) in [6.45, 7) is 6.06. The van der Waals surface area contributed by atoms with Gasteiger partial charge >= 0.3 is 0 Å². The molecule has 7 heteroatoms. The van der Waals surface area contributed by atoms with E-state index in [0.29, 0.717) is 24.1 Å². The predicted octanol–water partition coefficient (Wildman–Crippen LogP) is 3.44. The third-order valence-corrected chi connectivity index (χ3v) is 4.42. The summed E-state index contributed by atoms with van der Waals surface area (Å²) < 4.78 is 13.2. The van der Waals surface area contributed by atoms with Crippen molar-refractivity contribution in [1.82, 2.24) is 14.9 Å². The van der Waals surface area contributed by atoms with E-state index in [-0.39, 0.29) is 0 Å². The standard InChI is InChI=1S/C21H27N5O2/c1-5-28-20-14-16(10-11-19(20)27-4)25-21(22-3)23-12-13-26-15(2)24-17-8-6-7-9-18(17)26/h6-11,14H,5,12-13H2,1-4H3,(H2,22,23,25). The first-order valence-electron chi connectivity index (χ1n) is 9.36. The van der Waals surface area contributed by atoms with Crippen molar-refractivity contribution in [2.75, 3.05) is 32.6 Å². The summed E-state index contributed by atoms with van der Waals surface area (Å²) in [5, 5.41) is 6.64. The zero-order chi connectivity index (χ0) is 19.9. The van der Waals surface area contributed by atoms with Crippen LogP contribution in [0.5, 0.6) is 11.5 Å². The number of hydrogen-bond donors (Lipinski definition) is 2. The number of rotatable bonds is 7. The molecule has 0 aliphatic rings. The van der Waals surface area contributed by atoms with E-state index >= 15 is 0 Å². The number of nitrogens with zero attached hydrogens (tertiary/aromatic N) is 3. The molecule has 3 rings (SSSR count). The summed E-state index contributed by atoms with van der Waals surface area (Å²) >= 11 is 0. The van der Waals surface area contributed by atoms with E-state index in [4.69, 9.17) is 9.47 Å². The molecule has 0 spiro atoms. The van der Waals surface area contributed by atoms with Gasteiger partial charge in [-0.25, -0.2) is 4.98 Å². The fourth-order valence-electron chi connectivity index (χ4n) is 3.10. The van der Waals surface area contributed by atoms with Crippen LogP contribution >= 0.6 is 0 Å². The second kappa shape index (κ2) is 9.12. The second-order valence-corrected chi connectivity index (χ2v) is 6.22. The maximum atomic E-state index is 5.63. The summed E-state index contributed by atoms with van der Waals surface area (Å²) in [5.41, 5.74) is 3.03. The predicted molar refractivity (Wildman–Crippen MR) is 114 cm³/mol. The second-order valence-electron chi connectivity index (χ2n) is 6.22. The highest BCUT2D eigenvalue weighted by Gasteiger charge is 2.08. The summed E-state index contributed by atoms with van der Waals surface area (Å²) in [6.07, 6.45) is 0. The van der Waals surface area contributed by atoms with Gasteiger partial charge in [-0.3, -0.25) is 4.99 Å². The number of aliphatic imine (C=N–C) groups is 1. The molecule has 1 aromatic heterocycles. The van der Waals surface area contributed by atoms with Crippen LogP contribution in [0.15, 0.2) is 47.5 Å². The molecule has 0 aliphatic carbocycles. The molecule has 0 radical (unpaired) electrons. The molecule has 0 fully saturated rings. The summed E-state index contributed by atoms with van der Waals surface area (Å²) in [4.78, 5) is 8.91. The van der Waals surface area contributed by atoms with Gasteiger partial charge in [0.2, 0.25) is 0 Å². The molecule has 0 unspecified atom stereocenters. The normalized spacial score (nSPS) is 11.5. The smallest absolute Gasteiger partial charge is 0.195 e. The quantitative estimate of drug-likeness (QED) is 0.484. The van der Waals surface area contributed by atoms with Crippen molar-refractivity contribution in [3.8, 4) is 11.5 Å². The molecule has 0 saturated carbocycles. The molecular weight excluding hydrogens is 354 g/mol. The summed E-state index contributed by atoms with van der Waals surface area (Å²) in [7, 11) is 3.38. The number of aromatic nitrogens is 2. The summed E-state index contributed by atoms with van der Waals surface area (Å²) in [5.74, 6) is 3.10. The van der Waals surface area contributed by atoms with Crippen molar-refractivity contribution in [3.05, 3.63) is 48.3 Å². The lowest BCUT2D eigenvalue weighted by molar-refractivity contribution is 0.311. The lowest BCUT2D eigenvalue weighted by Crippen LogP contribution is -2.33. The van der Waals surface area contributed by atoms with Crippen LogP contribution in [0.25, 0.3) is 11.0 Å². The van der Waals surface area contributed by atoms with Gasteiger partial charge in [-0.1, -0.05) is 12.1 Å². The Balaban J connectivity index is 1.63. The van der Waals surface area contributed by atoms with Crippen molar-refractivity contribution >= 4 is 22.7 Å². The average molecular weight is 381 g/mol. The molecule has 1 heterocycles. The number of para-hydroxylation sites is 2. The third kappa shape index (κ3) is 4.36. The zero-order valence-corrected chi connectivity index (χ0v) is 16.8. The molecule has 0 amide bonds. The Hall–Kier alpha value is -3.22. The number of fused-ring (bicyclic) bond motifs is 1. The molecule has 0 atom stereocenters. The van der Waals surface area contributed by atoms with Crippen molar-refractivity contribution in [2.24, 2.45) is 4.99 Å². The maximum absolute atomic E-state index is 5.63. The molecular formula is C21H27N5O2. The van der Waals surface area contributed by atoms with Gasteiger partial charge in [0.1, 0.15) is 5.82 Å². The Bertz CT molecular complexity index is 965. The van der Waals surface area contributed by atoms with Gasteiger partial charge in [-0.2, -0.15) is 0 Å². The largest absolute Gasteiger partial charge is 0.493 e. The minimum absolute atomic E-state index is 0.574. The molecule has 148 valence electrons. The Labute approximate surface area is 165 Å². The monoisotopic (exact) mass is 381 g/mol. The molecule has 7 nitrogen and oxygen atoms in total. The van der Waals surface area contributed by atoms with Gasteiger partial charge in [0.05, 0.1) is 24.8 Å². The van der Waals surface area contributed by atoms with Crippen LogP contribution in [0.1, 0.15) is 12.7 Å². The van der Waals surface area contributed by atoms with Crippen molar-refractivity contribution in [2.45, 2.75) is 20.4 Å². The number of hydrogen-bond acceptors (Lipinski definition) is 4. The van der Waals surface area contributed by atoms with Gasteiger partial charge in [0.25, 0.3) is 0 Å². The molecule has 2 N–H and O–H groups in total. The number of anilines is 1. The fourth-order valence-corrected chi connectivity index (χ4v) is 3.10. The minimum atomic E-state index is 0.574. The molecule has 0 bridgehead atoms.